The van der Waals surface area contributed by atoms with Gasteiger partial charge in [-0.2, -0.15) is 0 Å². The van der Waals surface area contributed by atoms with Gasteiger partial charge in [0.05, 0.1) is 0 Å². The third-order valence-electron chi connectivity index (χ3n) is 4.96. The summed E-state index contributed by atoms with van der Waals surface area (Å²) in [7, 11) is 0. The molecule has 0 spiro atoms. The van der Waals surface area contributed by atoms with Crippen molar-refractivity contribution < 1.29 is 0 Å². The summed E-state index contributed by atoms with van der Waals surface area (Å²) in [5, 5.41) is 0.808. The van der Waals surface area contributed by atoms with Crippen LogP contribution in [0, 0.1) is 23.7 Å². The summed E-state index contributed by atoms with van der Waals surface area (Å²) in [6, 6.07) is 8.43. The van der Waals surface area contributed by atoms with Crippen LogP contribution in [0.4, 0.5) is 5.69 Å². The zero-order valence-electron chi connectivity index (χ0n) is 12.0. The van der Waals surface area contributed by atoms with Gasteiger partial charge in [-0.1, -0.05) is 13.8 Å². The molecule has 1 nitrogen and oxygen atoms in total. The highest BCUT2D eigenvalue weighted by Crippen LogP contribution is 2.50. The zero-order valence-corrected chi connectivity index (χ0v) is 12.8. The number of nitrogens with two attached hydrogens (primary N) is 1. The Bertz CT molecular complexity index is 423. The van der Waals surface area contributed by atoms with Crippen LogP contribution in [0.1, 0.15) is 39.5 Å². The van der Waals surface area contributed by atoms with Gasteiger partial charge in [0.25, 0.3) is 0 Å². The summed E-state index contributed by atoms with van der Waals surface area (Å²) in [5.41, 5.74) is 6.64. The van der Waals surface area contributed by atoms with Crippen molar-refractivity contribution in [2.24, 2.45) is 23.7 Å². The molecule has 5 atom stereocenters. The van der Waals surface area contributed by atoms with Crippen LogP contribution in [0.15, 0.2) is 29.2 Å². The SMILES string of the molecule is CC1CC2CC(C)C(Sc3ccc(N)cc3)C(C1)C2. The van der Waals surface area contributed by atoms with E-state index in [1.807, 2.05) is 12.1 Å². The minimum Gasteiger partial charge on any atom is -0.399 e. The van der Waals surface area contributed by atoms with Gasteiger partial charge in [-0.05, 0) is 73.6 Å². The molecule has 2 saturated carbocycles. The monoisotopic (exact) mass is 275 g/mol. The van der Waals surface area contributed by atoms with Gasteiger partial charge in [0.15, 0.2) is 0 Å². The van der Waals surface area contributed by atoms with E-state index in [9.17, 15) is 0 Å². The van der Waals surface area contributed by atoms with Gasteiger partial charge in [-0.25, -0.2) is 0 Å². The van der Waals surface area contributed by atoms with Crippen LogP contribution in [0.5, 0.6) is 0 Å². The molecule has 2 N–H and O–H groups in total. The van der Waals surface area contributed by atoms with Gasteiger partial charge < -0.3 is 5.73 Å². The van der Waals surface area contributed by atoms with Crippen molar-refractivity contribution in [2.75, 3.05) is 5.73 Å². The molecule has 0 heterocycles. The first-order chi connectivity index (χ1) is 9.11. The van der Waals surface area contributed by atoms with Crippen LogP contribution >= 0.6 is 11.8 Å². The molecule has 104 valence electrons. The lowest BCUT2D eigenvalue weighted by atomic mass is 9.65. The molecule has 0 aromatic heterocycles. The second-order valence-electron chi connectivity index (χ2n) is 6.80. The third kappa shape index (κ3) is 2.94. The van der Waals surface area contributed by atoms with Crippen LogP contribution in [-0.2, 0) is 0 Å². The van der Waals surface area contributed by atoms with Gasteiger partial charge >= 0.3 is 0 Å². The lowest BCUT2D eigenvalue weighted by Gasteiger charge is -2.46. The highest BCUT2D eigenvalue weighted by Gasteiger charge is 2.40. The van der Waals surface area contributed by atoms with Crippen molar-refractivity contribution in [3.8, 4) is 0 Å². The van der Waals surface area contributed by atoms with E-state index in [0.717, 1.165) is 34.6 Å². The maximum atomic E-state index is 5.78. The van der Waals surface area contributed by atoms with Crippen LogP contribution in [0.25, 0.3) is 0 Å². The Morgan fingerprint density at radius 1 is 1.00 bits per heavy atom. The summed E-state index contributed by atoms with van der Waals surface area (Å²) in [4.78, 5) is 1.39. The Hall–Kier alpha value is -0.630. The summed E-state index contributed by atoms with van der Waals surface area (Å²) in [6.45, 7) is 4.91. The Morgan fingerprint density at radius 2 is 1.74 bits per heavy atom. The van der Waals surface area contributed by atoms with E-state index in [4.69, 9.17) is 5.73 Å². The molecule has 0 saturated heterocycles. The standard InChI is InChI=1S/C17H25NS/c1-11-7-13-9-12(2)17(14(8-11)10-13)19-16-5-3-15(18)4-6-16/h3-6,11-14,17H,7-10,18H2,1-2H3. The molecule has 2 heteroatoms. The Balaban J connectivity index is 1.73. The molecule has 0 radical (unpaired) electrons. The number of hydrogen-bond acceptors (Lipinski definition) is 2. The summed E-state index contributed by atoms with van der Waals surface area (Å²) < 4.78 is 0. The van der Waals surface area contributed by atoms with E-state index in [0.29, 0.717) is 0 Å². The number of hydrogen-bond donors (Lipinski definition) is 1. The van der Waals surface area contributed by atoms with Crippen molar-refractivity contribution in [2.45, 2.75) is 49.7 Å². The Labute approximate surface area is 121 Å². The number of nitrogen functional groups attached to an aromatic ring is 1. The molecule has 0 aliphatic heterocycles. The fraction of sp³-hybridized carbons (Fsp3) is 0.647. The van der Waals surface area contributed by atoms with E-state index in [-0.39, 0.29) is 0 Å². The topological polar surface area (TPSA) is 26.0 Å². The van der Waals surface area contributed by atoms with Crippen molar-refractivity contribution in [1.82, 2.24) is 0 Å². The van der Waals surface area contributed by atoms with E-state index in [1.165, 1.54) is 30.6 Å². The zero-order chi connectivity index (χ0) is 13.4. The van der Waals surface area contributed by atoms with Crippen LogP contribution < -0.4 is 5.73 Å². The molecule has 19 heavy (non-hydrogen) atoms. The molecular weight excluding hydrogens is 250 g/mol. The average molecular weight is 275 g/mol. The molecular formula is C17H25NS. The van der Waals surface area contributed by atoms with Gasteiger partial charge in [-0.3, -0.25) is 0 Å². The largest absolute Gasteiger partial charge is 0.399 e. The predicted octanol–water partition coefficient (Wildman–Crippen LogP) is 4.82. The first-order valence-electron chi connectivity index (χ1n) is 7.64. The molecule has 2 aliphatic rings. The van der Waals surface area contributed by atoms with E-state index in [2.05, 4.69) is 37.7 Å². The molecule has 2 aliphatic carbocycles. The van der Waals surface area contributed by atoms with E-state index in [1.54, 1.807) is 0 Å². The molecule has 2 bridgehead atoms. The first kappa shape index (κ1) is 13.4. The predicted molar refractivity (Wildman–Crippen MR) is 84.3 cm³/mol. The molecule has 2 fully saturated rings. The first-order valence-corrected chi connectivity index (χ1v) is 8.52. The molecule has 5 unspecified atom stereocenters. The van der Waals surface area contributed by atoms with E-state index < -0.39 is 0 Å². The minimum atomic E-state index is 0.808. The fourth-order valence-corrected chi connectivity index (χ4v) is 5.67. The molecule has 0 amide bonds. The molecule has 1 aromatic rings. The number of rotatable bonds is 2. The average Bonchev–Trinajstić information content (AvgIpc) is 2.36. The third-order valence-corrected chi connectivity index (χ3v) is 6.63. The number of thioether (sulfide) groups is 1. The molecule has 1 aromatic carbocycles. The highest BCUT2D eigenvalue weighted by atomic mass is 32.2. The fourth-order valence-electron chi connectivity index (χ4n) is 4.30. The van der Waals surface area contributed by atoms with Gasteiger partial charge in [0.1, 0.15) is 0 Å². The molecule has 3 rings (SSSR count). The van der Waals surface area contributed by atoms with Crippen LogP contribution in [0.3, 0.4) is 0 Å². The quantitative estimate of drug-likeness (QED) is 0.783. The van der Waals surface area contributed by atoms with Crippen molar-refractivity contribution in [3.05, 3.63) is 24.3 Å². The van der Waals surface area contributed by atoms with E-state index >= 15 is 0 Å². The summed E-state index contributed by atoms with van der Waals surface area (Å²) in [6.07, 6.45) is 5.82. The Morgan fingerprint density at radius 3 is 2.47 bits per heavy atom. The van der Waals surface area contributed by atoms with Gasteiger partial charge in [0, 0.05) is 15.8 Å². The second kappa shape index (κ2) is 5.40. The highest BCUT2D eigenvalue weighted by molar-refractivity contribution is 8.00. The van der Waals surface area contributed by atoms with Crippen molar-refractivity contribution >= 4 is 17.4 Å². The maximum Gasteiger partial charge on any atom is 0.0314 e. The summed E-state index contributed by atoms with van der Waals surface area (Å²) in [5.74, 6) is 3.73. The maximum absolute atomic E-state index is 5.78. The van der Waals surface area contributed by atoms with Crippen molar-refractivity contribution in [1.29, 1.82) is 0 Å². The number of fused-ring (bicyclic) bond motifs is 2. The summed E-state index contributed by atoms with van der Waals surface area (Å²) >= 11 is 2.10. The van der Waals surface area contributed by atoms with Crippen molar-refractivity contribution in [3.63, 3.8) is 0 Å². The number of benzene rings is 1. The second-order valence-corrected chi connectivity index (χ2v) is 8.05. The number of anilines is 1. The minimum absolute atomic E-state index is 0.808. The Kier molecular flexibility index (Phi) is 3.79. The lowest BCUT2D eigenvalue weighted by molar-refractivity contribution is 0.118. The normalized spacial score (nSPS) is 38.1. The van der Waals surface area contributed by atoms with Gasteiger partial charge in [-0.15, -0.1) is 11.8 Å². The van der Waals surface area contributed by atoms with Gasteiger partial charge in [0.2, 0.25) is 0 Å². The van der Waals surface area contributed by atoms with Crippen LogP contribution in [-0.4, -0.2) is 5.25 Å². The smallest absolute Gasteiger partial charge is 0.0314 e. The van der Waals surface area contributed by atoms with Crippen LogP contribution in [0.2, 0.25) is 0 Å². The lowest BCUT2D eigenvalue weighted by Crippen LogP contribution is -2.38.